The molecule has 3 aliphatic rings. The van der Waals surface area contributed by atoms with Crippen molar-refractivity contribution in [2.45, 2.75) is 30.2 Å². The number of rotatable bonds is 0. The van der Waals surface area contributed by atoms with E-state index in [1.165, 1.54) is 0 Å². The van der Waals surface area contributed by atoms with Crippen molar-refractivity contribution in [1.29, 1.82) is 0 Å². The molecule has 3 aliphatic heterocycles. The highest BCUT2D eigenvalue weighted by atomic mass is 31.1. The van der Waals surface area contributed by atoms with Crippen LogP contribution in [0.25, 0.3) is 0 Å². The van der Waals surface area contributed by atoms with Crippen LogP contribution < -0.4 is 0 Å². The van der Waals surface area contributed by atoms with Gasteiger partial charge in [0.2, 0.25) is 0 Å². The first kappa shape index (κ1) is 8.63. The summed E-state index contributed by atoms with van der Waals surface area (Å²) in [6, 6.07) is -0.359. The van der Waals surface area contributed by atoms with Crippen molar-refractivity contribution in [2.24, 2.45) is 0 Å². The fourth-order valence-electron chi connectivity index (χ4n) is 2.14. The molecule has 70 valence electrons. The van der Waals surface area contributed by atoms with Crippen molar-refractivity contribution in [3.05, 3.63) is 0 Å². The van der Waals surface area contributed by atoms with E-state index in [1.807, 2.05) is 0 Å². The van der Waals surface area contributed by atoms with Crippen molar-refractivity contribution >= 4 is 16.9 Å². The third kappa shape index (κ3) is 1.06. The SMILES string of the molecule is [B]C1OC2COPO[C@H]2[C@]12CCO2. The second-order valence-corrected chi connectivity index (χ2v) is 4.27. The first-order valence-corrected chi connectivity index (χ1v) is 5.22. The van der Waals surface area contributed by atoms with Crippen molar-refractivity contribution < 1.29 is 18.5 Å². The van der Waals surface area contributed by atoms with Crippen molar-refractivity contribution in [1.82, 2.24) is 0 Å². The van der Waals surface area contributed by atoms with E-state index in [4.69, 9.17) is 26.4 Å². The predicted octanol–water partition coefficient (Wildman–Crippen LogP) is -0.0372. The lowest BCUT2D eigenvalue weighted by molar-refractivity contribution is -0.190. The van der Waals surface area contributed by atoms with Gasteiger partial charge in [0.15, 0.2) is 9.03 Å². The third-order valence-electron chi connectivity index (χ3n) is 2.97. The average Bonchev–Trinajstić information content (AvgIpc) is 2.35. The molecule has 0 aliphatic carbocycles. The van der Waals surface area contributed by atoms with E-state index in [2.05, 4.69) is 0 Å². The Balaban J connectivity index is 1.86. The van der Waals surface area contributed by atoms with Crippen LogP contribution in [0.4, 0.5) is 0 Å². The molecule has 3 fully saturated rings. The Labute approximate surface area is 79.6 Å². The Morgan fingerprint density at radius 2 is 2.31 bits per heavy atom. The van der Waals surface area contributed by atoms with Crippen LogP contribution in [-0.4, -0.2) is 44.9 Å². The van der Waals surface area contributed by atoms with Gasteiger partial charge >= 0.3 is 0 Å². The van der Waals surface area contributed by atoms with Gasteiger partial charge in [-0.1, -0.05) is 0 Å². The Bertz CT molecular complexity index is 223. The molecule has 2 radical (unpaired) electrons. The fourth-order valence-corrected chi connectivity index (χ4v) is 2.90. The van der Waals surface area contributed by atoms with Gasteiger partial charge in [-0.25, -0.2) is 0 Å². The maximum absolute atomic E-state index is 5.86. The summed E-state index contributed by atoms with van der Waals surface area (Å²) in [4.78, 5) is 0. The highest BCUT2D eigenvalue weighted by Gasteiger charge is 2.60. The molecule has 4 nitrogen and oxygen atoms in total. The molecule has 0 N–H and O–H groups in total. The monoisotopic (exact) mass is 200 g/mol. The standard InChI is InChI=1S/C7H10BO4P/c8-6-7(1-2-9-7)5-4(11-6)3-10-13-12-5/h4-6,13H,1-3H2/t4?,5-,6?,7-/m1/s1. The zero-order valence-corrected chi connectivity index (χ0v) is 8.06. The van der Waals surface area contributed by atoms with Crippen LogP contribution in [0.15, 0.2) is 0 Å². The summed E-state index contributed by atoms with van der Waals surface area (Å²) < 4.78 is 21.7. The van der Waals surface area contributed by atoms with Gasteiger partial charge in [0.05, 0.1) is 13.2 Å². The minimum absolute atomic E-state index is 0.0247. The summed E-state index contributed by atoms with van der Waals surface area (Å²) in [5.74, 6) is 0. The molecular formula is C7H10BO4P. The van der Waals surface area contributed by atoms with Crippen LogP contribution in [0.5, 0.6) is 0 Å². The maximum Gasteiger partial charge on any atom is 0.155 e. The molecule has 0 aromatic heterocycles. The van der Waals surface area contributed by atoms with Crippen LogP contribution in [0.3, 0.4) is 0 Å². The van der Waals surface area contributed by atoms with Gasteiger partial charge in [-0.05, 0) is 0 Å². The van der Waals surface area contributed by atoms with Crippen molar-refractivity contribution in [3.63, 3.8) is 0 Å². The summed E-state index contributed by atoms with van der Waals surface area (Å²) in [6.45, 7) is 1.33. The number of hydrogen-bond acceptors (Lipinski definition) is 4. The topological polar surface area (TPSA) is 36.9 Å². The van der Waals surface area contributed by atoms with Gasteiger partial charge in [0, 0.05) is 12.4 Å². The zero-order chi connectivity index (χ0) is 8.89. The molecule has 5 atom stereocenters. The molecule has 0 aromatic rings. The second kappa shape index (κ2) is 2.91. The van der Waals surface area contributed by atoms with Crippen LogP contribution >= 0.6 is 9.03 Å². The molecule has 0 aromatic carbocycles. The van der Waals surface area contributed by atoms with E-state index in [-0.39, 0.29) is 32.8 Å². The quantitative estimate of drug-likeness (QED) is 0.406. The minimum atomic E-state index is -0.374. The van der Waals surface area contributed by atoms with Gasteiger partial charge in [-0.3, -0.25) is 0 Å². The highest BCUT2D eigenvalue weighted by molar-refractivity contribution is 7.26. The molecule has 3 unspecified atom stereocenters. The fraction of sp³-hybridized carbons (Fsp3) is 1.00. The Kier molecular flexibility index (Phi) is 1.93. The number of hydrogen-bond donors (Lipinski definition) is 0. The Morgan fingerprint density at radius 1 is 1.46 bits per heavy atom. The third-order valence-corrected chi connectivity index (χ3v) is 3.60. The van der Waals surface area contributed by atoms with Crippen LogP contribution in [0.2, 0.25) is 0 Å². The van der Waals surface area contributed by atoms with Crippen molar-refractivity contribution in [3.8, 4) is 0 Å². The van der Waals surface area contributed by atoms with E-state index < -0.39 is 0 Å². The summed E-state index contributed by atoms with van der Waals surface area (Å²) in [6.07, 6.45) is 0.861. The van der Waals surface area contributed by atoms with Gasteiger partial charge in [-0.2, -0.15) is 0 Å². The normalized spacial score (nSPS) is 56.5. The molecule has 13 heavy (non-hydrogen) atoms. The largest absolute Gasteiger partial charge is 0.376 e. The number of fused-ring (bicyclic) bond motifs is 2. The van der Waals surface area contributed by atoms with E-state index in [1.54, 1.807) is 0 Å². The van der Waals surface area contributed by atoms with E-state index in [9.17, 15) is 0 Å². The molecule has 3 heterocycles. The second-order valence-electron chi connectivity index (χ2n) is 3.58. The minimum Gasteiger partial charge on any atom is -0.376 e. The van der Waals surface area contributed by atoms with E-state index in [0.29, 0.717) is 6.61 Å². The van der Waals surface area contributed by atoms with Gasteiger partial charge in [-0.15, -0.1) is 0 Å². The van der Waals surface area contributed by atoms with Gasteiger partial charge in [0.25, 0.3) is 0 Å². The van der Waals surface area contributed by atoms with Gasteiger partial charge < -0.3 is 18.5 Å². The van der Waals surface area contributed by atoms with Crippen LogP contribution in [0.1, 0.15) is 6.42 Å². The van der Waals surface area contributed by atoms with Crippen LogP contribution in [-0.2, 0) is 18.5 Å². The average molecular weight is 200 g/mol. The molecule has 3 saturated heterocycles. The lowest BCUT2D eigenvalue weighted by atomic mass is 9.75. The smallest absolute Gasteiger partial charge is 0.155 e. The Hall–Kier alpha value is 0.335. The Morgan fingerprint density at radius 3 is 3.00 bits per heavy atom. The lowest BCUT2D eigenvalue weighted by Gasteiger charge is -2.45. The molecule has 0 bridgehead atoms. The van der Waals surface area contributed by atoms with Crippen LogP contribution in [0, 0.1) is 0 Å². The molecule has 0 saturated carbocycles. The zero-order valence-electron chi connectivity index (χ0n) is 7.06. The molecule has 6 heteroatoms. The molecule has 0 amide bonds. The van der Waals surface area contributed by atoms with E-state index in [0.717, 1.165) is 13.0 Å². The summed E-state index contributed by atoms with van der Waals surface area (Å²) in [7, 11) is 5.95. The highest BCUT2D eigenvalue weighted by Crippen LogP contribution is 2.47. The molecule has 1 spiro atoms. The van der Waals surface area contributed by atoms with Gasteiger partial charge in [0.1, 0.15) is 25.7 Å². The molecule has 3 rings (SSSR count). The first-order valence-electron chi connectivity index (χ1n) is 4.40. The van der Waals surface area contributed by atoms with E-state index >= 15 is 0 Å². The summed E-state index contributed by atoms with van der Waals surface area (Å²) >= 11 is 0. The predicted molar refractivity (Wildman–Crippen MR) is 46.9 cm³/mol. The summed E-state index contributed by atoms with van der Waals surface area (Å²) in [5.41, 5.74) is -0.374. The number of ether oxygens (including phenoxy) is 2. The molecular weight excluding hydrogens is 190 g/mol. The lowest BCUT2D eigenvalue weighted by Crippen LogP contribution is -2.59. The maximum atomic E-state index is 5.86. The van der Waals surface area contributed by atoms with Crippen molar-refractivity contribution in [2.75, 3.05) is 13.2 Å². The first-order chi connectivity index (χ1) is 6.33. The summed E-state index contributed by atoms with van der Waals surface area (Å²) in [5, 5.41) is 0.